The Hall–Kier alpha value is -0.130. The lowest BCUT2D eigenvalue weighted by molar-refractivity contribution is 0.0174. The van der Waals surface area contributed by atoms with Gasteiger partial charge in [-0.3, -0.25) is 14.8 Å². The first-order valence-corrected chi connectivity index (χ1v) is 10.1. The Kier molecular flexibility index (Phi) is 6.93. The fourth-order valence-corrected chi connectivity index (χ4v) is 5.19. The van der Waals surface area contributed by atoms with Gasteiger partial charge in [-0.25, -0.2) is 8.42 Å². The minimum absolute atomic E-state index is 0. The van der Waals surface area contributed by atoms with E-state index in [0.717, 1.165) is 38.7 Å². The van der Waals surface area contributed by atoms with Crippen LogP contribution in [0.15, 0.2) is 4.99 Å². The molecule has 2 N–H and O–H groups in total. The van der Waals surface area contributed by atoms with Gasteiger partial charge in [-0.15, -0.1) is 24.0 Å². The van der Waals surface area contributed by atoms with Crippen LogP contribution in [0.1, 0.15) is 13.3 Å². The summed E-state index contributed by atoms with van der Waals surface area (Å²) in [6, 6.07) is 0.486. The van der Waals surface area contributed by atoms with Crippen molar-refractivity contribution >= 4 is 39.8 Å². The van der Waals surface area contributed by atoms with E-state index in [4.69, 9.17) is 4.99 Å². The monoisotopic (exact) mass is 457 g/mol. The van der Waals surface area contributed by atoms with Gasteiger partial charge < -0.3 is 10.6 Å². The molecule has 4 saturated heterocycles. The second-order valence-corrected chi connectivity index (χ2v) is 8.68. The van der Waals surface area contributed by atoms with Crippen molar-refractivity contribution in [3.8, 4) is 0 Å². The highest BCUT2D eigenvalue weighted by Gasteiger charge is 2.32. The van der Waals surface area contributed by atoms with Gasteiger partial charge in [0.25, 0.3) is 0 Å². The maximum atomic E-state index is 11.6. The first-order valence-electron chi connectivity index (χ1n) is 8.27. The smallest absolute Gasteiger partial charge is 0.191 e. The highest BCUT2D eigenvalue weighted by molar-refractivity contribution is 14.0. The third-order valence-electron chi connectivity index (χ3n) is 4.77. The van der Waals surface area contributed by atoms with Crippen LogP contribution in [-0.2, 0) is 9.84 Å². The zero-order valence-corrected chi connectivity index (χ0v) is 16.8. The molecule has 0 amide bonds. The molecule has 9 heteroatoms. The first-order chi connectivity index (χ1) is 10.6. The molecule has 0 saturated carbocycles. The predicted octanol–water partition coefficient (Wildman–Crippen LogP) is -0.654. The average Bonchev–Trinajstić information content (AvgIpc) is 2.85. The minimum atomic E-state index is -2.86. The van der Waals surface area contributed by atoms with Crippen LogP contribution in [0.25, 0.3) is 0 Å². The molecule has 7 nitrogen and oxygen atoms in total. The molecule has 4 rings (SSSR count). The number of piperazine rings is 3. The molecule has 134 valence electrons. The van der Waals surface area contributed by atoms with Crippen molar-refractivity contribution in [3.05, 3.63) is 0 Å². The van der Waals surface area contributed by atoms with Crippen molar-refractivity contribution in [2.24, 2.45) is 4.99 Å². The molecule has 4 aliphatic heterocycles. The standard InChI is InChI=1S/C14H27N5O2S.HI/c1-2-15-14(17-12-3-8-22(20,21)11-12)16-9-13-10-18-4-6-19(13)7-5-18;/h12-13H,2-11H2,1H3,(H2,15,16,17);1H. The Labute approximate surface area is 156 Å². The molecule has 2 bridgehead atoms. The van der Waals surface area contributed by atoms with Crippen molar-refractivity contribution in [1.29, 1.82) is 0 Å². The largest absolute Gasteiger partial charge is 0.357 e. The summed E-state index contributed by atoms with van der Waals surface area (Å²) < 4.78 is 23.1. The molecular weight excluding hydrogens is 429 g/mol. The van der Waals surface area contributed by atoms with Crippen LogP contribution in [-0.4, -0.2) is 93.6 Å². The van der Waals surface area contributed by atoms with Gasteiger partial charge >= 0.3 is 0 Å². The molecule has 0 aromatic heterocycles. The van der Waals surface area contributed by atoms with Crippen molar-refractivity contribution in [1.82, 2.24) is 20.4 Å². The van der Waals surface area contributed by atoms with Gasteiger partial charge in [0.1, 0.15) is 0 Å². The van der Waals surface area contributed by atoms with E-state index in [1.165, 1.54) is 13.1 Å². The summed E-state index contributed by atoms with van der Waals surface area (Å²) in [5, 5.41) is 6.52. The second-order valence-electron chi connectivity index (χ2n) is 6.45. The van der Waals surface area contributed by atoms with E-state index in [1.807, 2.05) is 6.92 Å². The number of fused-ring (bicyclic) bond motifs is 3. The molecule has 4 fully saturated rings. The zero-order chi connectivity index (χ0) is 15.6. The summed E-state index contributed by atoms with van der Waals surface area (Å²) in [7, 11) is -2.86. The molecule has 4 aliphatic rings. The van der Waals surface area contributed by atoms with Crippen LogP contribution in [0.4, 0.5) is 0 Å². The summed E-state index contributed by atoms with van der Waals surface area (Å²) in [6.45, 7) is 9.32. The average molecular weight is 457 g/mol. The third kappa shape index (κ3) is 5.17. The molecule has 0 radical (unpaired) electrons. The van der Waals surface area contributed by atoms with Gasteiger partial charge in [0.05, 0.1) is 18.1 Å². The Bertz CT molecular complexity index is 519. The van der Waals surface area contributed by atoms with Gasteiger partial charge in [0.15, 0.2) is 15.8 Å². The zero-order valence-electron chi connectivity index (χ0n) is 13.7. The molecular formula is C14H28IN5O2S. The van der Waals surface area contributed by atoms with E-state index >= 15 is 0 Å². The van der Waals surface area contributed by atoms with Crippen LogP contribution < -0.4 is 10.6 Å². The number of hydrogen-bond acceptors (Lipinski definition) is 5. The van der Waals surface area contributed by atoms with Gasteiger partial charge in [0.2, 0.25) is 0 Å². The SMILES string of the molecule is CCNC(=NCC1CN2CCN1CC2)NC1CCS(=O)(=O)C1.I. The predicted molar refractivity (Wildman–Crippen MR) is 103 cm³/mol. The number of guanidine groups is 1. The quantitative estimate of drug-likeness (QED) is 0.332. The Balaban J connectivity index is 0.00000192. The number of rotatable bonds is 4. The fourth-order valence-electron chi connectivity index (χ4n) is 3.52. The van der Waals surface area contributed by atoms with Crippen LogP contribution >= 0.6 is 24.0 Å². The number of aliphatic imine (C=N–C) groups is 1. The fraction of sp³-hybridized carbons (Fsp3) is 0.929. The molecule has 23 heavy (non-hydrogen) atoms. The van der Waals surface area contributed by atoms with Crippen molar-refractivity contribution < 1.29 is 8.42 Å². The van der Waals surface area contributed by atoms with Gasteiger partial charge in [-0.2, -0.15) is 0 Å². The summed E-state index contributed by atoms with van der Waals surface area (Å²) in [4.78, 5) is 9.72. The lowest BCUT2D eigenvalue weighted by atomic mass is 10.1. The molecule has 0 aliphatic carbocycles. The summed E-state index contributed by atoms with van der Waals surface area (Å²) in [5.41, 5.74) is 0. The molecule has 2 atom stereocenters. The summed E-state index contributed by atoms with van der Waals surface area (Å²) >= 11 is 0. The van der Waals surface area contributed by atoms with E-state index in [1.54, 1.807) is 0 Å². The van der Waals surface area contributed by atoms with E-state index < -0.39 is 9.84 Å². The highest BCUT2D eigenvalue weighted by Crippen LogP contribution is 2.16. The third-order valence-corrected chi connectivity index (χ3v) is 6.54. The lowest BCUT2D eigenvalue weighted by Gasteiger charge is -2.47. The normalized spacial score (nSPS) is 35.6. The molecule has 0 aromatic carbocycles. The van der Waals surface area contributed by atoms with Crippen LogP contribution in [0.2, 0.25) is 0 Å². The Morgan fingerprint density at radius 1 is 1.26 bits per heavy atom. The van der Waals surface area contributed by atoms with Crippen LogP contribution in [0.5, 0.6) is 0 Å². The van der Waals surface area contributed by atoms with Crippen molar-refractivity contribution in [2.45, 2.75) is 25.4 Å². The molecule has 2 unspecified atom stereocenters. The van der Waals surface area contributed by atoms with E-state index in [0.29, 0.717) is 12.5 Å². The number of halogens is 1. The van der Waals surface area contributed by atoms with Crippen molar-refractivity contribution in [3.63, 3.8) is 0 Å². The van der Waals surface area contributed by atoms with Gasteiger partial charge in [-0.05, 0) is 13.3 Å². The Morgan fingerprint density at radius 2 is 2.00 bits per heavy atom. The summed E-state index contributed by atoms with van der Waals surface area (Å²) in [6.07, 6.45) is 0.677. The van der Waals surface area contributed by atoms with Gasteiger partial charge in [-0.1, -0.05) is 0 Å². The maximum Gasteiger partial charge on any atom is 0.191 e. The molecule has 0 aromatic rings. The van der Waals surface area contributed by atoms with E-state index in [2.05, 4.69) is 20.4 Å². The van der Waals surface area contributed by atoms with Crippen LogP contribution in [0, 0.1) is 0 Å². The van der Waals surface area contributed by atoms with E-state index in [9.17, 15) is 8.42 Å². The van der Waals surface area contributed by atoms with E-state index in [-0.39, 0.29) is 41.5 Å². The first kappa shape index (κ1) is 19.2. The lowest BCUT2D eigenvalue weighted by Crippen LogP contribution is -2.62. The number of nitrogens with one attached hydrogen (secondary N) is 2. The Morgan fingerprint density at radius 3 is 2.52 bits per heavy atom. The summed E-state index contributed by atoms with van der Waals surface area (Å²) in [5.74, 6) is 1.26. The van der Waals surface area contributed by atoms with Crippen molar-refractivity contribution in [2.75, 3.05) is 57.3 Å². The maximum absolute atomic E-state index is 11.6. The number of hydrogen-bond donors (Lipinski definition) is 2. The highest BCUT2D eigenvalue weighted by atomic mass is 127. The molecule has 4 heterocycles. The molecule has 0 spiro atoms. The number of sulfone groups is 1. The number of nitrogens with zero attached hydrogens (tertiary/aromatic N) is 3. The van der Waals surface area contributed by atoms with Gasteiger partial charge in [0, 0.05) is 51.4 Å². The van der Waals surface area contributed by atoms with Crippen LogP contribution in [0.3, 0.4) is 0 Å². The second kappa shape index (κ2) is 8.30. The topological polar surface area (TPSA) is 77.0 Å². The minimum Gasteiger partial charge on any atom is -0.357 e.